The van der Waals surface area contributed by atoms with Gasteiger partial charge in [0.05, 0.1) is 16.6 Å². The Hall–Kier alpha value is -3.15. The number of anilines is 2. The van der Waals surface area contributed by atoms with Crippen LogP contribution in [-0.2, 0) is 6.42 Å². The number of para-hydroxylation sites is 1. The molecule has 4 rings (SSSR count). The molecule has 2 aromatic carbocycles. The maximum absolute atomic E-state index is 12.5. The molecular weight excluding hydrogens is 306 g/mol. The maximum atomic E-state index is 12.5. The topological polar surface area (TPSA) is 86.3 Å². The average Bonchev–Trinajstić information content (AvgIpc) is 2.60. The summed E-state index contributed by atoms with van der Waals surface area (Å²) in [6.07, 6.45) is 1.91. The maximum Gasteiger partial charge on any atom is 0.335 e. The average molecular weight is 321 g/mol. The van der Waals surface area contributed by atoms with Crippen molar-refractivity contribution in [1.29, 1.82) is 0 Å². The zero-order valence-corrected chi connectivity index (χ0v) is 12.8. The molecule has 0 amide bonds. The van der Waals surface area contributed by atoms with E-state index in [9.17, 15) is 9.59 Å². The van der Waals surface area contributed by atoms with Gasteiger partial charge in [0, 0.05) is 12.2 Å². The highest BCUT2D eigenvalue weighted by Gasteiger charge is 2.21. The van der Waals surface area contributed by atoms with Crippen molar-refractivity contribution in [2.24, 2.45) is 0 Å². The Morgan fingerprint density at radius 3 is 2.88 bits per heavy atom. The summed E-state index contributed by atoms with van der Waals surface area (Å²) in [6.45, 7) is 0.706. The number of carboxylic acids is 1. The Kier molecular flexibility index (Phi) is 3.30. The standard InChI is InChI=1S/C18H15N3O3/c22-17-16(21-9-3-5-11-4-1-2-6-15(11)21)19-14-10-12(18(23)24)7-8-13(14)20-17/h1-2,4,6-8,10H,3,5,9H2,(H,20,22)(H,23,24). The smallest absolute Gasteiger partial charge is 0.335 e. The van der Waals surface area contributed by atoms with Crippen molar-refractivity contribution >= 4 is 28.5 Å². The van der Waals surface area contributed by atoms with Gasteiger partial charge in [0.1, 0.15) is 0 Å². The van der Waals surface area contributed by atoms with E-state index < -0.39 is 5.97 Å². The second-order valence-electron chi connectivity index (χ2n) is 5.81. The predicted molar refractivity (Wildman–Crippen MR) is 91.1 cm³/mol. The number of nitrogens with zero attached hydrogens (tertiary/aromatic N) is 2. The number of rotatable bonds is 2. The molecule has 2 heterocycles. The van der Waals surface area contributed by atoms with Gasteiger partial charge in [-0.15, -0.1) is 0 Å². The first-order chi connectivity index (χ1) is 11.6. The minimum absolute atomic E-state index is 0.145. The number of fused-ring (bicyclic) bond motifs is 2. The Balaban J connectivity index is 1.89. The Labute approximate surface area is 137 Å². The lowest BCUT2D eigenvalue weighted by molar-refractivity contribution is 0.0697. The number of aromatic carboxylic acids is 1. The second-order valence-corrected chi connectivity index (χ2v) is 5.81. The van der Waals surface area contributed by atoms with Gasteiger partial charge in [-0.2, -0.15) is 0 Å². The largest absolute Gasteiger partial charge is 0.478 e. The van der Waals surface area contributed by atoms with Crippen LogP contribution >= 0.6 is 0 Å². The summed E-state index contributed by atoms with van der Waals surface area (Å²) in [5.41, 5.74) is 3.03. The van der Waals surface area contributed by atoms with Crippen LogP contribution in [0.3, 0.4) is 0 Å². The summed E-state index contributed by atoms with van der Waals surface area (Å²) in [5, 5.41) is 9.14. The number of carbonyl (C=O) groups is 1. The molecule has 0 fully saturated rings. The fourth-order valence-electron chi connectivity index (χ4n) is 3.14. The Bertz CT molecular complexity index is 1010. The van der Waals surface area contributed by atoms with E-state index in [1.807, 2.05) is 23.1 Å². The third-order valence-electron chi connectivity index (χ3n) is 4.29. The zero-order valence-electron chi connectivity index (χ0n) is 12.8. The molecule has 1 aliphatic heterocycles. The van der Waals surface area contributed by atoms with E-state index >= 15 is 0 Å². The Morgan fingerprint density at radius 2 is 2.04 bits per heavy atom. The fraction of sp³-hybridized carbons (Fsp3) is 0.167. The van der Waals surface area contributed by atoms with Crippen molar-refractivity contribution in [3.63, 3.8) is 0 Å². The molecule has 0 aliphatic carbocycles. The highest BCUT2D eigenvalue weighted by molar-refractivity contribution is 5.92. The van der Waals surface area contributed by atoms with E-state index in [1.54, 1.807) is 6.07 Å². The third-order valence-corrected chi connectivity index (χ3v) is 4.29. The first-order valence-electron chi connectivity index (χ1n) is 7.76. The van der Waals surface area contributed by atoms with Gasteiger partial charge in [-0.25, -0.2) is 9.78 Å². The van der Waals surface area contributed by atoms with Gasteiger partial charge in [0.25, 0.3) is 5.56 Å². The van der Waals surface area contributed by atoms with Crippen molar-refractivity contribution in [2.75, 3.05) is 11.4 Å². The first kappa shape index (κ1) is 14.4. The van der Waals surface area contributed by atoms with E-state index in [4.69, 9.17) is 5.11 Å². The molecule has 0 spiro atoms. The van der Waals surface area contributed by atoms with Crippen LogP contribution in [0, 0.1) is 0 Å². The van der Waals surface area contributed by atoms with Crippen LogP contribution in [0.5, 0.6) is 0 Å². The van der Waals surface area contributed by atoms with Gasteiger partial charge in [-0.05, 0) is 42.7 Å². The van der Waals surface area contributed by atoms with Crippen LogP contribution in [0.15, 0.2) is 47.3 Å². The molecule has 3 aromatic rings. The number of hydrogen-bond acceptors (Lipinski definition) is 4. The molecule has 1 aliphatic rings. The molecule has 0 radical (unpaired) electrons. The molecule has 0 saturated heterocycles. The third kappa shape index (κ3) is 2.32. The lowest BCUT2D eigenvalue weighted by Crippen LogP contribution is -2.30. The minimum atomic E-state index is -1.02. The van der Waals surface area contributed by atoms with E-state index in [0.717, 1.165) is 18.5 Å². The van der Waals surface area contributed by atoms with Crippen molar-refractivity contribution in [3.05, 3.63) is 63.9 Å². The molecule has 0 atom stereocenters. The number of hydrogen-bond donors (Lipinski definition) is 2. The van der Waals surface area contributed by atoms with Gasteiger partial charge < -0.3 is 15.0 Å². The van der Waals surface area contributed by atoms with Crippen molar-refractivity contribution < 1.29 is 9.90 Å². The summed E-state index contributed by atoms with van der Waals surface area (Å²) < 4.78 is 0. The van der Waals surface area contributed by atoms with Gasteiger partial charge in [0.15, 0.2) is 5.82 Å². The molecule has 0 bridgehead atoms. The van der Waals surface area contributed by atoms with Crippen LogP contribution in [0.2, 0.25) is 0 Å². The van der Waals surface area contributed by atoms with Crippen molar-refractivity contribution in [2.45, 2.75) is 12.8 Å². The van der Waals surface area contributed by atoms with E-state index in [0.29, 0.717) is 23.4 Å². The summed E-state index contributed by atoms with van der Waals surface area (Å²) >= 11 is 0. The second kappa shape index (κ2) is 5.49. The van der Waals surface area contributed by atoms with Crippen LogP contribution in [-0.4, -0.2) is 27.6 Å². The van der Waals surface area contributed by atoms with Crippen LogP contribution in [0.1, 0.15) is 22.3 Å². The number of aromatic amines is 1. The molecule has 6 nitrogen and oxygen atoms in total. The normalized spacial score (nSPS) is 13.8. The number of aryl methyl sites for hydroxylation is 1. The molecule has 0 unspecified atom stereocenters. The van der Waals surface area contributed by atoms with Crippen molar-refractivity contribution in [3.8, 4) is 0 Å². The number of aromatic nitrogens is 2. The molecule has 24 heavy (non-hydrogen) atoms. The molecule has 0 saturated carbocycles. The fourth-order valence-corrected chi connectivity index (χ4v) is 3.14. The predicted octanol–water partition coefficient (Wildman–Crippen LogP) is 2.71. The highest BCUT2D eigenvalue weighted by atomic mass is 16.4. The van der Waals surface area contributed by atoms with E-state index in [-0.39, 0.29) is 11.1 Å². The molecule has 120 valence electrons. The summed E-state index contributed by atoms with van der Waals surface area (Å²) in [6, 6.07) is 12.5. The summed E-state index contributed by atoms with van der Waals surface area (Å²) in [5.74, 6) is -0.716. The summed E-state index contributed by atoms with van der Waals surface area (Å²) in [7, 11) is 0. The van der Waals surface area contributed by atoms with Crippen LogP contribution in [0.4, 0.5) is 11.5 Å². The van der Waals surface area contributed by atoms with Crippen LogP contribution < -0.4 is 10.5 Å². The van der Waals surface area contributed by atoms with Gasteiger partial charge in [0.2, 0.25) is 0 Å². The summed E-state index contributed by atoms with van der Waals surface area (Å²) in [4.78, 5) is 32.8. The molecule has 6 heteroatoms. The number of benzene rings is 2. The number of H-pyrrole nitrogens is 1. The van der Waals surface area contributed by atoms with E-state index in [2.05, 4.69) is 16.0 Å². The van der Waals surface area contributed by atoms with Crippen molar-refractivity contribution in [1.82, 2.24) is 9.97 Å². The lowest BCUT2D eigenvalue weighted by Gasteiger charge is -2.29. The number of nitrogens with one attached hydrogen (secondary N) is 1. The lowest BCUT2D eigenvalue weighted by atomic mass is 10.0. The zero-order chi connectivity index (χ0) is 16.7. The molecular formula is C18H15N3O3. The van der Waals surface area contributed by atoms with Gasteiger partial charge >= 0.3 is 5.97 Å². The molecule has 2 N–H and O–H groups in total. The Morgan fingerprint density at radius 1 is 1.21 bits per heavy atom. The molecule has 1 aromatic heterocycles. The minimum Gasteiger partial charge on any atom is -0.478 e. The van der Waals surface area contributed by atoms with E-state index in [1.165, 1.54) is 17.7 Å². The first-order valence-corrected chi connectivity index (χ1v) is 7.76. The quantitative estimate of drug-likeness (QED) is 0.758. The van der Waals surface area contributed by atoms with Gasteiger partial charge in [-0.3, -0.25) is 4.79 Å². The number of carboxylic acid groups (broad SMARTS) is 1. The SMILES string of the molecule is O=C(O)c1ccc2[nH]c(=O)c(N3CCCc4ccccc43)nc2c1. The van der Waals surface area contributed by atoms with Gasteiger partial charge in [-0.1, -0.05) is 18.2 Å². The van der Waals surface area contributed by atoms with Crippen LogP contribution in [0.25, 0.3) is 11.0 Å². The highest BCUT2D eigenvalue weighted by Crippen LogP contribution is 2.31. The monoisotopic (exact) mass is 321 g/mol.